The molecule has 0 amide bonds. The molecule has 5 rings (SSSR count). The summed E-state index contributed by atoms with van der Waals surface area (Å²) in [4.78, 5) is 41.3. The Morgan fingerprint density at radius 3 is 2.13 bits per heavy atom. The lowest BCUT2D eigenvalue weighted by Gasteiger charge is -2.15. The van der Waals surface area contributed by atoms with Crippen molar-refractivity contribution in [2.24, 2.45) is 0 Å². The van der Waals surface area contributed by atoms with Gasteiger partial charge in [-0.15, -0.1) is 0 Å². The number of fused-ring (bicyclic) bond motifs is 4. The lowest BCUT2D eigenvalue weighted by molar-refractivity contribution is -0.137. The van der Waals surface area contributed by atoms with Crippen molar-refractivity contribution in [1.82, 2.24) is 9.55 Å². The van der Waals surface area contributed by atoms with Crippen molar-refractivity contribution >= 4 is 49.6 Å². The maximum absolute atomic E-state index is 13.3. The summed E-state index contributed by atoms with van der Waals surface area (Å²) in [5.74, 6) is -1.02. The average Bonchev–Trinajstić information content (AvgIpc) is 2.71. The van der Waals surface area contributed by atoms with Gasteiger partial charge in [-0.2, -0.15) is 0 Å². The van der Waals surface area contributed by atoms with E-state index in [0.29, 0.717) is 43.6 Å². The van der Waals surface area contributed by atoms with Crippen LogP contribution >= 0.6 is 0 Å². The molecular formula is C24H18N2O4. The molecule has 2 N–H and O–H groups in total. The molecule has 3 aromatic carbocycles. The van der Waals surface area contributed by atoms with Crippen LogP contribution in [0.4, 0.5) is 0 Å². The lowest BCUT2D eigenvalue weighted by Crippen LogP contribution is -2.17. The molecule has 0 radical (unpaired) electrons. The van der Waals surface area contributed by atoms with Crippen LogP contribution in [0.5, 0.6) is 0 Å². The summed E-state index contributed by atoms with van der Waals surface area (Å²) in [6.07, 6.45) is 0. The normalized spacial score (nSPS) is 11.7. The first-order valence-electron chi connectivity index (χ1n) is 9.58. The van der Waals surface area contributed by atoms with E-state index in [4.69, 9.17) is 0 Å². The van der Waals surface area contributed by atoms with Gasteiger partial charge >= 0.3 is 5.97 Å². The summed E-state index contributed by atoms with van der Waals surface area (Å²) in [5.41, 5.74) is 3.76. The van der Waals surface area contributed by atoms with Gasteiger partial charge in [0.15, 0.2) is 10.9 Å². The molecule has 0 atom stereocenters. The smallest absolute Gasteiger partial charge is 0.323 e. The summed E-state index contributed by atoms with van der Waals surface area (Å²) in [6, 6.07) is 14.3. The first-order chi connectivity index (χ1) is 14.3. The van der Waals surface area contributed by atoms with Crippen LogP contribution in [0.3, 0.4) is 0 Å². The standard InChI is InChI=1S/C24H18N2O4/c1-12-3-5-18-14(7-12)23(29)15-10-21-17(9-19(15)25-18)24(30)16-8-13(2)4-6-20(16)26(21)11-22(27)28/h3-10H,11H2,1-2H3,(H,25,29)(H,27,28). The van der Waals surface area contributed by atoms with Crippen molar-refractivity contribution in [3.05, 3.63) is 80.1 Å². The van der Waals surface area contributed by atoms with E-state index in [1.807, 2.05) is 38.1 Å². The summed E-state index contributed by atoms with van der Waals surface area (Å²) < 4.78 is 1.59. The number of aromatic amines is 1. The van der Waals surface area contributed by atoms with E-state index in [1.54, 1.807) is 28.8 Å². The van der Waals surface area contributed by atoms with Gasteiger partial charge < -0.3 is 14.7 Å². The zero-order valence-electron chi connectivity index (χ0n) is 16.4. The second-order valence-electron chi connectivity index (χ2n) is 7.75. The largest absolute Gasteiger partial charge is 0.480 e. The second kappa shape index (κ2) is 6.29. The van der Waals surface area contributed by atoms with E-state index < -0.39 is 5.97 Å². The Hall–Kier alpha value is -3.93. The number of nitrogens with one attached hydrogen (secondary N) is 1. The molecule has 0 bridgehead atoms. The molecule has 2 heterocycles. The summed E-state index contributed by atoms with van der Waals surface area (Å²) >= 11 is 0. The van der Waals surface area contributed by atoms with Gasteiger partial charge in [0.25, 0.3) is 0 Å². The summed E-state index contributed by atoms with van der Waals surface area (Å²) in [5, 5.41) is 11.3. The number of benzene rings is 3. The van der Waals surface area contributed by atoms with Gasteiger partial charge in [-0.1, -0.05) is 23.3 Å². The number of pyridine rings is 2. The third-order valence-electron chi connectivity index (χ3n) is 5.59. The number of carboxylic acids is 1. The minimum atomic E-state index is -1.02. The number of H-pyrrole nitrogens is 1. The highest BCUT2D eigenvalue weighted by Gasteiger charge is 2.16. The minimum absolute atomic E-state index is 0.150. The maximum Gasteiger partial charge on any atom is 0.323 e. The van der Waals surface area contributed by atoms with Crippen LogP contribution in [-0.2, 0) is 11.3 Å². The van der Waals surface area contributed by atoms with Crippen LogP contribution in [0.2, 0.25) is 0 Å². The number of rotatable bonds is 2. The fraction of sp³-hybridized carbons (Fsp3) is 0.125. The number of carboxylic acid groups (broad SMARTS) is 1. The third-order valence-corrected chi connectivity index (χ3v) is 5.59. The van der Waals surface area contributed by atoms with Crippen molar-refractivity contribution < 1.29 is 9.90 Å². The lowest BCUT2D eigenvalue weighted by atomic mass is 10.0. The fourth-order valence-corrected chi connectivity index (χ4v) is 4.18. The van der Waals surface area contributed by atoms with E-state index in [-0.39, 0.29) is 17.4 Å². The first kappa shape index (κ1) is 18.1. The van der Waals surface area contributed by atoms with E-state index in [2.05, 4.69) is 4.98 Å². The van der Waals surface area contributed by atoms with Gasteiger partial charge in [-0.25, -0.2) is 0 Å². The predicted molar refractivity (Wildman–Crippen MR) is 118 cm³/mol. The van der Waals surface area contributed by atoms with E-state index >= 15 is 0 Å². The predicted octanol–water partition coefficient (Wildman–Crippen LogP) is 3.85. The number of aryl methyl sites for hydroxylation is 2. The Balaban J connectivity index is 2.03. The highest BCUT2D eigenvalue weighted by molar-refractivity contribution is 6.03. The van der Waals surface area contributed by atoms with Gasteiger partial charge in [0, 0.05) is 27.1 Å². The molecule has 2 aromatic heterocycles. The molecular weight excluding hydrogens is 380 g/mol. The van der Waals surface area contributed by atoms with Gasteiger partial charge in [0.05, 0.1) is 16.6 Å². The molecule has 6 heteroatoms. The quantitative estimate of drug-likeness (QED) is 0.442. The van der Waals surface area contributed by atoms with Gasteiger partial charge in [-0.3, -0.25) is 14.4 Å². The fourth-order valence-electron chi connectivity index (χ4n) is 4.18. The minimum Gasteiger partial charge on any atom is -0.480 e. The highest BCUT2D eigenvalue weighted by Crippen LogP contribution is 2.25. The molecule has 0 spiro atoms. The van der Waals surface area contributed by atoms with Crippen LogP contribution in [0.25, 0.3) is 43.6 Å². The molecule has 30 heavy (non-hydrogen) atoms. The number of nitrogens with zero attached hydrogens (tertiary/aromatic N) is 1. The SMILES string of the molecule is Cc1ccc2[nH]c3cc4c(=O)c5cc(C)ccc5n(CC(=O)O)c4cc3c(=O)c2c1. The molecule has 148 valence electrons. The zero-order chi connectivity index (χ0) is 21.2. The number of carbonyl (C=O) groups is 1. The van der Waals surface area contributed by atoms with Gasteiger partial charge in [-0.05, 0) is 50.2 Å². The highest BCUT2D eigenvalue weighted by atomic mass is 16.4. The van der Waals surface area contributed by atoms with Gasteiger partial charge in [0.2, 0.25) is 0 Å². The van der Waals surface area contributed by atoms with Crippen molar-refractivity contribution in [3.63, 3.8) is 0 Å². The van der Waals surface area contributed by atoms with Crippen LogP contribution in [0.15, 0.2) is 58.1 Å². The number of aromatic nitrogens is 2. The van der Waals surface area contributed by atoms with Crippen LogP contribution < -0.4 is 10.9 Å². The van der Waals surface area contributed by atoms with Crippen molar-refractivity contribution in [2.75, 3.05) is 0 Å². The van der Waals surface area contributed by atoms with Crippen LogP contribution in [0.1, 0.15) is 11.1 Å². The molecule has 0 aliphatic carbocycles. The van der Waals surface area contributed by atoms with Crippen molar-refractivity contribution in [1.29, 1.82) is 0 Å². The van der Waals surface area contributed by atoms with Crippen molar-refractivity contribution in [2.45, 2.75) is 20.4 Å². The molecule has 0 aliphatic heterocycles. The first-order valence-corrected chi connectivity index (χ1v) is 9.58. The van der Waals surface area contributed by atoms with Crippen LogP contribution in [-0.4, -0.2) is 20.6 Å². The topological polar surface area (TPSA) is 92.2 Å². The monoisotopic (exact) mass is 398 g/mol. The molecule has 5 aromatic rings. The van der Waals surface area contributed by atoms with Gasteiger partial charge in [0.1, 0.15) is 6.54 Å². The Kier molecular flexibility index (Phi) is 3.80. The summed E-state index contributed by atoms with van der Waals surface area (Å²) in [6.45, 7) is 3.49. The van der Waals surface area contributed by atoms with Crippen LogP contribution in [0, 0.1) is 13.8 Å². The Morgan fingerprint density at radius 2 is 1.40 bits per heavy atom. The third kappa shape index (κ3) is 2.61. The Labute approximate surface area is 170 Å². The number of hydrogen-bond donors (Lipinski definition) is 2. The average molecular weight is 398 g/mol. The molecule has 0 unspecified atom stereocenters. The van der Waals surface area contributed by atoms with Crippen molar-refractivity contribution in [3.8, 4) is 0 Å². The maximum atomic E-state index is 13.3. The molecule has 0 saturated heterocycles. The second-order valence-corrected chi connectivity index (χ2v) is 7.75. The summed E-state index contributed by atoms with van der Waals surface area (Å²) in [7, 11) is 0. The van der Waals surface area contributed by atoms with E-state index in [1.165, 1.54) is 0 Å². The Morgan fingerprint density at radius 1 is 0.800 bits per heavy atom. The number of aliphatic carboxylic acids is 1. The molecule has 6 nitrogen and oxygen atoms in total. The number of hydrogen-bond acceptors (Lipinski definition) is 3. The Bertz CT molecular complexity index is 1660. The van der Waals surface area contributed by atoms with E-state index in [9.17, 15) is 19.5 Å². The molecule has 0 aliphatic rings. The molecule has 0 saturated carbocycles. The molecule has 0 fully saturated rings. The zero-order valence-corrected chi connectivity index (χ0v) is 16.4. The van der Waals surface area contributed by atoms with E-state index in [0.717, 1.165) is 11.1 Å².